The standard InChI is InChI=1S/C23H34N4O/c1-18-4-3-5-19(2)23(18)27-16-14-26(15-17-27)13-11-20-6-8-21(9-7-20)25-22(28)10-12-24/h3-5,20-21H,6-11,13-17H2,1-2H3,(H,25,28)/t20-,21-. The Labute approximate surface area is 169 Å². The van der Waals surface area contributed by atoms with Crippen molar-refractivity contribution in [3.05, 3.63) is 29.3 Å². The Morgan fingerprint density at radius 3 is 2.36 bits per heavy atom. The molecule has 5 nitrogen and oxygen atoms in total. The lowest BCUT2D eigenvalue weighted by atomic mass is 9.84. The molecular formula is C23H34N4O. The number of benzene rings is 1. The van der Waals surface area contributed by atoms with Crippen molar-refractivity contribution in [1.82, 2.24) is 10.2 Å². The van der Waals surface area contributed by atoms with Crippen LogP contribution in [0, 0.1) is 31.1 Å². The molecule has 1 saturated heterocycles. The van der Waals surface area contributed by atoms with E-state index in [1.807, 2.05) is 6.07 Å². The maximum atomic E-state index is 11.6. The number of piperazine rings is 1. The molecule has 3 rings (SSSR count). The van der Waals surface area contributed by atoms with E-state index < -0.39 is 0 Å². The van der Waals surface area contributed by atoms with Crippen LogP contribution in [0.1, 0.15) is 49.7 Å². The molecule has 28 heavy (non-hydrogen) atoms. The van der Waals surface area contributed by atoms with Crippen molar-refractivity contribution >= 4 is 11.6 Å². The molecule has 0 atom stereocenters. The summed E-state index contributed by atoms with van der Waals surface area (Å²) in [5.74, 6) is 0.661. The molecule has 1 aromatic rings. The number of hydrogen-bond acceptors (Lipinski definition) is 4. The van der Waals surface area contributed by atoms with Gasteiger partial charge in [-0.25, -0.2) is 0 Å². The van der Waals surface area contributed by atoms with E-state index in [1.165, 1.54) is 42.6 Å². The highest BCUT2D eigenvalue weighted by Crippen LogP contribution is 2.28. The van der Waals surface area contributed by atoms with Crippen LogP contribution in [0.3, 0.4) is 0 Å². The van der Waals surface area contributed by atoms with Crippen molar-refractivity contribution in [2.75, 3.05) is 37.6 Å². The molecule has 1 heterocycles. The van der Waals surface area contributed by atoms with Gasteiger partial charge >= 0.3 is 0 Å². The van der Waals surface area contributed by atoms with E-state index >= 15 is 0 Å². The van der Waals surface area contributed by atoms with Crippen molar-refractivity contribution in [3.8, 4) is 6.07 Å². The number of nitrogens with one attached hydrogen (secondary N) is 1. The zero-order valence-electron chi connectivity index (χ0n) is 17.4. The predicted octanol–water partition coefficient (Wildman–Crippen LogP) is 3.40. The molecule has 0 aromatic heterocycles. The van der Waals surface area contributed by atoms with E-state index in [4.69, 9.17) is 5.26 Å². The fourth-order valence-electron chi connectivity index (χ4n) is 4.81. The largest absolute Gasteiger partial charge is 0.369 e. The highest BCUT2D eigenvalue weighted by molar-refractivity contribution is 5.78. The van der Waals surface area contributed by atoms with E-state index in [2.05, 4.69) is 47.2 Å². The van der Waals surface area contributed by atoms with Gasteiger partial charge < -0.3 is 10.2 Å². The Balaban J connectivity index is 1.36. The fraction of sp³-hybridized carbons (Fsp3) is 0.652. The van der Waals surface area contributed by atoms with E-state index in [1.54, 1.807) is 0 Å². The Morgan fingerprint density at radius 1 is 1.11 bits per heavy atom. The summed E-state index contributed by atoms with van der Waals surface area (Å²) >= 11 is 0. The SMILES string of the molecule is Cc1cccc(C)c1N1CCN(CC[C@H]2CC[C@H](NC(=O)CC#N)CC2)CC1. The summed E-state index contributed by atoms with van der Waals surface area (Å²) in [6.45, 7) is 10.1. The molecule has 1 aliphatic heterocycles. The quantitative estimate of drug-likeness (QED) is 0.819. The van der Waals surface area contributed by atoms with Gasteiger partial charge in [0, 0.05) is 37.9 Å². The number of nitrogens with zero attached hydrogens (tertiary/aromatic N) is 3. The summed E-state index contributed by atoms with van der Waals surface area (Å²) in [5, 5.41) is 11.6. The molecule has 1 aliphatic carbocycles. The third-order valence-electron chi connectivity index (χ3n) is 6.43. The first-order valence-electron chi connectivity index (χ1n) is 10.8. The van der Waals surface area contributed by atoms with Crippen LogP contribution in [-0.2, 0) is 4.79 Å². The summed E-state index contributed by atoms with van der Waals surface area (Å²) in [6, 6.07) is 8.78. The molecule has 1 saturated carbocycles. The first kappa shape index (κ1) is 20.7. The Hall–Kier alpha value is -2.06. The Morgan fingerprint density at radius 2 is 1.75 bits per heavy atom. The van der Waals surface area contributed by atoms with Crippen molar-refractivity contribution in [3.63, 3.8) is 0 Å². The highest BCUT2D eigenvalue weighted by Gasteiger charge is 2.24. The average Bonchev–Trinajstić information content (AvgIpc) is 2.68. The van der Waals surface area contributed by atoms with Crippen LogP contribution in [0.4, 0.5) is 5.69 Å². The van der Waals surface area contributed by atoms with Gasteiger partial charge in [0.05, 0.1) is 6.07 Å². The number of nitriles is 1. The predicted molar refractivity (Wildman–Crippen MR) is 113 cm³/mol. The van der Waals surface area contributed by atoms with Gasteiger partial charge in [-0.05, 0) is 69.5 Å². The van der Waals surface area contributed by atoms with Crippen molar-refractivity contribution in [2.24, 2.45) is 5.92 Å². The number of carbonyl (C=O) groups is 1. The zero-order valence-corrected chi connectivity index (χ0v) is 17.4. The van der Waals surface area contributed by atoms with Crippen molar-refractivity contribution in [2.45, 2.75) is 58.4 Å². The molecular weight excluding hydrogens is 348 g/mol. The first-order valence-corrected chi connectivity index (χ1v) is 10.8. The van der Waals surface area contributed by atoms with E-state index in [9.17, 15) is 4.79 Å². The second-order valence-electron chi connectivity index (χ2n) is 8.48. The van der Waals surface area contributed by atoms with E-state index in [0.717, 1.165) is 44.9 Å². The molecule has 0 spiro atoms. The smallest absolute Gasteiger partial charge is 0.234 e. The Bertz CT molecular complexity index is 675. The number of rotatable bonds is 6. The van der Waals surface area contributed by atoms with Gasteiger partial charge in [0.25, 0.3) is 0 Å². The summed E-state index contributed by atoms with van der Waals surface area (Å²) < 4.78 is 0. The first-order chi connectivity index (χ1) is 13.6. The van der Waals surface area contributed by atoms with E-state index in [0.29, 0.717) is 0 Å². The van der Waals surface area contributed by atoms with Gasteiger partial charge in [0.1, 0.15) is 6.42 Å². The number of hydrogen-bond donors (Lipinski definition) is 1. The maximum absolute atomic E-state index is 11.6. The van der Waals surface area contributed by atoms with Crippen LogP contribution in [0.25, 0.3) is 0 Å². The minimum Gasteiger partial charge on any atom is -0.369 e. The number of para-hydroxylation sites is 1. The van der Waals surface area contributed by atoms with Crippen molar-refractivity contribution < 1.29 is 4.79 Å². The third-order valence-corrected chi connectivity index (χ3v) is 6.43. The molecule has 0 unspecified atom stereocenters. The van der Waals surface area contributed by atoms with Crippen LogP contribution in [-0.4, -0.2) is 49.6 Å². The molecule has 2 fully saturated rings. The molecule has 1 N–H and O–H groups in total. The molecule has 1 aromatic carbocycles. The summed E-state index contributed by atoms with van der Waals surface area (Å²) in [5.41, 5.74) is 4.19. The molecule has 1 amide bonds. The number of aryl methyl sites for hydroxylation is 2. The lowest BCUT2D eigenvalue weighted by molar-refractivity contribution is -0.121. The molecule has 0 bridgehead atoms. The summed E-state index contributed by atoms with van der Waals surface area (Å²) in [4.78, 5) is 16.7. The van der Waals surface area contributed by atoms with Gasteiger partial charge in [-0.2, -0.15) is 5.26 Å². The monoisotopic (exact) mass is 382 g/mol. The third kappa shape index (κ3) is 5.48. The van der Waals surface area contributed by atoms with Crippen LogP contribution < -0.4 is 10.2 Å². The minimum atomic E-state index is -0.118. The van der Waals surface area contributed by atoms with Gasteiger partial charge in [0.15, 0.2) is 0 Å². The normalized spacial score (nSPS) is 23.2. The minimum absolute atomic E-state index is 0.0199. The highest BCUT2D eigenvalue weighted by atomic mass is 16.1. The van der Waals surface area contributed by atoms with Crippen LogP contribution >= 0.6 is 0 Å². The fourth-order valence-corrected chi connectivity index (χ4v) is 4.81. The van der Waals surface area contributed by atoms with E-state index in [-0.39, 0.29) is 18.4 Å². The van der Waals surface area contributed by atoms with Gasteiger partial charge in [-0.1, -0.05) is 18.2 Å². The molecule has 152 valence electrons. The number of amides is 1. The molecule has 5 heteroatoms. The van der Waals surface area contributed by atoms with Crippen LogP contribution in [0.2, 0.25) is 0 Å². The Kier molecular flexibility index (Phi) is 7.33. The van der Waals surface area contributed by atoms with Crippen LogP contribution in [0.5, 0.6) is 0 Å². The molecule has 2 aliphatic rings. The topological polar surface area (TPSA) is 59.4 Å². The van der Waals surface area contributed by atoms with Gasteiger partial charge in [-0.3, -0.25) is 9.69 Å². The lowest BCUT2D eigenvalue weighted by Crippen LogP contribution is -2.47. The molecule has 0 radical (unpaired) electrons. The van der Waals surface area contributed by atoms with Crippen LogP contribution in [0.15, 0.2) is 18.2 Å². The van der Waals surface area contributed by atoms with Gasteiger partial charge in [-0.15, -0.1) is 0 Å². The summed E-state index contributed by atoms with van der Waals surface area (Å²) in [6.07, 6.45) is 5.75. The zero-order chi connectivity index (χ0) is 19.9. The second-order valence-corrected chi connectivity index (χ2v) is 8.48. The maximum Gasteiger partial charge on any atom is 0.234 e. The van der Waals surface area contributed by atoms with Crippen molar-refractivity contribution in [1.29, 1.82) is 5.26 Å². The number of anilines is 1. The number of carbonyl (C=O) groups excluding carboxylic acids is 1. The van der Waals surface area contributed by atoms with Gasteiger partial charge in [0.2, 0.25) is 5.91 Å². The average molecular weight is 383 g/mol. The summed E-state index contributed by atoms with van der Waals surface area (Å²) in [7, 11) is 0. The second kappa shape index (κ2) is 9.93. The lowest BCUT2D eigenvalue weighted by Gasteiger charge is -2.38.